The summed E-state index contributed by atoms with van der Waals surface area (Å²) in [5.41, 5.74) is -0.584. The molecule has 21 heavy (non-hydrogen) atoms. The maximum absolute atomic E-state index is 12.7. The third kappa shape index (κ3) is 5.26. The Morgan fingerprint density at radius 3 is 2.29 bits per heavy atom. The van der Waals surface area contributed by atoms with Crippen LogP contribution < -0.4 is 61.6 Å². The first-order valence-electron chi connectivity index (χ1n) is 6.29. The maximum Gasteiger partial charge on any atom is 1.00 e. The molecule has 108 valence electrons. The van der Waals surface area contributed by atoms with Gasteiger partial charge in [-0.15, -0.1) is 5.46 Å². The SMILES string of the molecule is COCC(C)Oc1ccc2cc([B-](F)(F)F)ccc2c1.[K+]. The van der Waals surface area contributed by atoms with Crippen molar-refractivity contribution in [1.29, 1.82) is 0 Å². The number of methoxy groups -OCH3 is 1. The number of halogens is 3. The number of hydrogen-bond donors (Lipinski definition) is 0. The third-order valence-corrected chi connectivity index (χ3v) is 2.95. The van der Waals surface area contributed by atoms with E-state index in [1.807, 2.05) is 6.92 Å². The standard InChI is InChI=1S/C14H15BF3O2.K/c1-10(9-19-2)20-14-6-4-11-7-13(15(16,17)18)5-3-12(11)8-14;/h3-8,10H,9H2,1-2H3;/q-1;+1. The van der Waals surface area contributed by atoms with Gasteiger partial charge in [-0.1, -0.05) is 24.3 Å². The Morgan fingerprint density at radius 1 is 1.05 bits per heavy atom. The van der Waals surface area contributed by atoms with Crippen LogP contribution in [0.1, 0.15) is 6.92 Å². The molecule has 2 aromatic carbocycles. The van der Waals surface area contributed by atoms with Crippen LogP contribution in [0, 0.1) is 0 Å². The molecule has 0 aliphatic heterocycles. The number of ether oxygens (including phenoxy) is 2. The van der Waals surface area contributed by atoms with Crippen molar-refractivity contribution in [3.05, 3.63) is 36.4 Å². The molecular weight excluding hydrogens is 307 g/mol. The van der Waals surface area contributed by atoms with E-state index in [1.54, 1.807) is 25.3 Å². The Morgan fingerprint density at radius 2 is 1.67 bits per heavy atom. The molecule has 2 rings (SSSR count). The Bertz CT molecular complexity index is 604. The van der Waals surface area contributed by atoms with Crippen LogP contribution in [-0.4, -0.2) is 26.8 Å². The van der Waals surface area contributed by atoms with Crippen molar-refractivity contribution >= 4 is 23.2 Å². The van der Waals surface area contributed by atoms with Gasteiger partial charge in [0, 0.05) is 7.11 Å². The Balaban J connectivity index is 0.00000220. The first-order valence-corrected chi connectivity index (χ1v) is 6.29. The zero-order valence-electron chi connectivity index (χ0n) is 12.3. The van der Waals surface area contributed by atoms with E-state index in [1.165, 1.54) is 6.07 Å². The van der Waals surface area contributed by atoms with Crippen molar-refractivity contribution < 1.29 is 73.8 Å². The Labute approximate surface area is 164 Å². The Kier molecular flexibility index (Phi) is 7.23. The van der Waals surface area contributed by atoms with Gasteiger partial charge in [0.15, 0.2) is 0 Å². The number of rotatable bonds is 5. The zero-order valence-corrected chi connectivity index (χ0v) is 15.4. The van der Waals surface area contributed by atoms with E-state index in [0.717, 1.165) is 17.5 Å². The van der Waals surface area contributed by atoms with Gasteiger partial charge in [-0.05, 0) is 29.8 Å². The monoisotopic (exact) mass is 322 g/mol. The summed E-state index contributed by atoms with van der Waals surface area (Å²) >= 11 is 0. The molecule has 0 spiro atoms. The second-order valence-corrected chi connectivity index (χ2v) is 4.73. The summed E-state index contributed by atoms with van der Waals surface area (Å²) in [4.78, 5) is 0. The minimum absolute atomic E-state index is 0. The minimum Gasteiger partial charge on any atom is -0.488 e. The van der Waals surface area contributed by atoms with Gasteiger partial charge < -0.3 is 22.4 Å². The van der Waals surface area contributed by atoms with Gasteiger partial charge in [-0.25, -0.2) is 0 Å². The van der Waals surface area contributed by atoms with Crippen LogP contribution in [0.15, 0.2) is 36.4 Å². The smallest absolute Gasteiger partial charge is 0.488 e. The Hall–Kier alpha value is -0.0487. The van der Waals surface area contributed by atoms with Crippen molar-refractivity contribution in [3.63, 3.8) is 0 Å². The van der Waals surface area contributed by atoms with Gasteiger partial charge in [0.1, 0.15) is 11.9 Å². The summed E-state index contributed by atoms with van der Waals surface area (Å²) in [6.07, 6.45) is -0.116. The first kappa shape index (κ1) is 19.0. The summed E-state index contributed by atoms with van der Waals surface area (Å²) < 4.78 is 48.6. The van der Waals surface area contributed by atoms with Crippen LogP contribution >= 0.6 is 0 Å². The number of hydrogen-bond acceptors (Lipinski definition) is 2. The van der Waals surface area contributed by atoms with E-state index in [9.17, 15) is 12.9 Å². The third-order valence-electron chi connectivity index (χ3n) is 2.95. The van der Waals surface area contributed by atoms with Crippen molar-refractivity contribution in [2.24, 2.45) is 0 Å². The molecule has 2 nitrogen and oxygen atoms in total. The summed E-state index contributed by atoms with van der Waals surface area (Å²) in [5.74, 6) is 0.618. The zero-order chi connectivity index (χ0) is 14.8. The molecule has 7 heteroatoms. The number of benzene rings is 2. The summed E-state index contributed by atoms with van der Waals surface area (Å²) in [6.45, 7) is -2.65. The van der Waals surface area contributed by atoms with Crippen LogP contribution in [0.25, 0.3) is 10.8 Å². The van der Waals surface area contributed by atoms with Gasteiger partial charge >= 0.3 is 58.4 Å². The molecule has 0 amide bonds. The molecule has 1 unspecified atom stereocenters. The number of fused-ring (bicyclic) bond motifs is 1. The van der Waals surface area contributed by atoms with E-state index in [0.29, 0.717) is 17.7 Å². The molecule has 1 atom stereocenters. The fourth-order valence-corrected chi connectivity index (χ4v) is 2.02. The van der Waals surface area contributed by atoms with Crippen LogP contribution in [0.3, 0.4) is 0 Å². The van der Waals surface area contributed by atoms with Crippen molar-refractivity contribution in [2.45, 2.75) is 13.0 Å². The fraction of sp³-hybridized carbons (Fsp3) is 0.286. The van der Waals surface area contributed by atoms with Gasteiger partial charge in [0.05, 0.1) is 6.61 Å². The molecule has 0 N–H and O–H groups in total. The van der Waals surface area contributed by atoms with Crippen molar-refractivity contribution in [1.82, 2.24) is 0 Å². The maximum atomic E-state index is 12.7. The molecule has 0 radical (unpaired) electrons. The van der Waals surface area contributed by atoms with Gasteiger partial charge in [0.25, 0.3) is 0 Å². The van der Waals surface area contributed by atoms with Crippen molar-refractivity contribution in [3.8, 4) is 5.75 Å². The van der Waals surface area contributed by atoms with Crippen molar-refractivity contribution in [2.75, 3.05) is 13.7 Å². The van der Waals surface area contributed by atoms with Crippen LogP contribution in [-0.2, 0) is 4.74 Å². The van der Waals surface area contributed by atoms with Crippen LogP contribution in [0.2, 0.25) is 0 Å². The molecule has 0 saturated heterocycles. The van der Waals surface area contributed by atoms with E-state index >= 15 is 0 Å². The topological polar surface area (TPSA) is 18.5 Å². The fourth-order valence-electron chi connectivity index (χ4n) is 2.02. The van der Waals surface area contributed by atoms with Crippen LogP contribution in [0.5, 0.6) is 5.75 Å². The normalized spacial score (nSPS) is 12.8. The van der Waals surface area contributed by atoms with E-state index in [2.05, 4.69) is 0 Å². The summed E-state index contributed by atoms with van der Waals surface area (Å²) in [6, 6.07) is 8.77. The molecular formula is C14H15BF3KO2. The molecule has 0 saturated carbocycles. The first-order chi connectivity index (χ1) is 9.40. The molecule has 0 bridgehead atoms. The van der Waals surface area contributed by atoms with E-state index in [-0.39, 0.29) is 57.5 Å². The van der Waals surface area contributed by atoms with Gasteiger partial charge in [0.2, 0.25) is 0 Å². The van der Waals surface area contributed by atoms with Gasteiger partial charge in [-0.2, -0.15) is 0 Å². The quantitative estimate of drug-likeness (QED) is 0.738. The minimum atomic E-state index is -4.96. The predicted molar refractivity (Wildman–Crippen MR) is 74.6 cm³/mol. The predicted octanol–water partition coefficient (Wildman–Crippen LogP) is 0.312. The molecule has 0 fully saturated rings. The molecule has 0 heterocycles. The van der Waals surface area contributed by atoms with E-state index < -0.39 is 12.4 Å². The average Bonchev–Trinajstić information content (AvgIpc) is 2.37. The van der Waals surface area contributed by atoms with E-state index in [4.69, 9.17) is 9.47 Å². The molecule has 0 aliphatic rings. The second-order valence-electron chi connectivity index (χ2n) is 4.73. The molecule has 2 aromatic rings. The largest absolute Gasteiger partial charge is 1.00 e. The average molecular weight is 322 g/mol. The summed E-state index contributed by atoms with van der Waals surface area (Å²) in [7, 11) is 1.58. The molecule has 0 aliphatic carbocycles. The molecule has 0 aromatic heterocycles. The van der Waals surface area contributed by atoms with Gasteiger partial charge in [-0.3, -0.25) is 0 Å². The summed E-state index contributed by atoms with van der Waals surface area (Å²) in [5, 5.41) is 1.27. The van der Waals surface area contributed by atoms with Crippen LogP contribution in [0.4, 0.5) is 12.9 Å². The second kappa shape index (κ2) is 7.99.